The first kappa shape index (κ1) is 27.0. The van der Waals surface area contributed by atoms with Gasteiger partial charge < -0.3 is 14.2 Å². The minimum Gasteiger partial charge on any atom is -0.469 e. The van der Waals surface area contributed by atoms with E-state index in [2.05, 4.69) is 5.32 Å². The summed E-state index contributed by atoms with van der Waals surface area (Å²) in [5.41, 5.74) is -1.46. The highest BCUT2D eigenvalue weighted by molar-refractivity contribution is 6.01. The zero-order chi connectivity index (χ0) is 27.7. The quantitative estimate of drug-likeness (QED) is 0.327. The maximum atomic E-state index is 13.6. The Balaban J connectivity index is 1.98. The number of ketones is 1. The van der Waals surface area contributed by atoms with E-state index in [0.29, 0.717) is 12.0 Å². The smallest absolute Gasteiger partial charge is 0.367 e. The molecule has 1 heterocycles. The molecule has 0 amide bonds. The molecular formula is C28H30N2O8. The number of carbonyl (C=O) groups excluding carboxylic acids is 3. The summed E-state index contributed by atoms with van der Waals surface area (Å²) in [4.78, 5) is 51.7. The van der Waals surface area contributed by atoms with Crippen molar-refractivity contribution in [1.29, 1.82) is 0 Å². The highest BCUT2D eigenvalue weighted by atomic mass is 16.6. The summed E-state index contributed by atoms with van der Waals surface area (Å²) >= 11 is 0. The van der Waals surface area contributed by atoms with E-state index in [1.807, 2.05) is 44.2 Å². The number of nitrogens with zero attached hydrogens (tertiary/aromatic N) is 1. The zero-order valence-electron chi connectivity index (χ0n) is 21.7. The largest absolute Gasteiger partial charge is 0.469 e. The molecule has 2 aromatic rings. The Kier molecular flexibility index (Phi) is 7.37. The first-order chi connectivity index (χ1) is 18.0. The molecule has 1 aliphatic carbocycles. The van der Waals surface area contributed by atoms with Gasteiger partial charge in [-0.25, -0.2) is 4.79 Å². The molecule has 0 radical (unpaired) electrons. The molecule has 1 aliphatic heterocycles. The lowest BCUT2D eigenvalue weighted by Gasteiger charge is -2.48. The highest BCUT2D eigenvalue weighted by Gasteiger charge is 2.63. The Labute approximate surface area is 220 Å². The van der Waals surface area contributed by atoms with Gasteiger partial charge in [0.2, 0.25) is 0 Å². The summed E-state index contributed by atoms with van der Waals surface area (Å²) < 4.78 is 16.7. The molecule has 38 heavy (non-hydrogen) atoms. The van der Waals surface area contributed by atoms with Crippen molar-refractivity contribution in [1.82, 2.24) is 5.32 Å². The van der Waals surface area contributed by atoms with Crippen molar-refractivity contribution in [2.45, 2.75) is 44.9 Å². The number of methoxy groups -OCH3 is 2. The summed E-state index contributed by atoms with van der Waals surface area (Å²) in [5, 5.41) is 14.7. The number of hydrogen-bond donors (Lipinski definition) is 1. The van der Waals surface area contributed by atoms with E-state index in [9.17, 15) is 24.5 Å². The topological polar surface area (TPSA) is 134 Å². The van der Waals surface area contributed by atoms with E-state index < -0.39 is 39.8 Å². The number of nitro benzene ring substituents is 1. The van der Waals surface area contributed by atoms with Crippen LogP contribution in [0.2, 0.25) is 0 Å². The number of allylic oxidation sites excluding steroid dienone is 2. The van der Waals surface area contributed by atoms with Crippen LogP contribution in [0.3, 0.4) is 0 Å². The van der Waals surface area contributed by atoms with E-state index in [0.717, 1.165) is 5.56 Å². The van der Waals surface area contributed by atoms with Crippen LogP contribution in [-0.2, 0) is 35.1 Å². The lowest BCUT2D eigenvalue weighted by molar-refractivity contribution is -0.384. The summed E-state index contributed by atoms with van der Waals surface area (Å²) in [6.07, 6.45) is 0.482. The molecule has 0 saturated heterocycles. The Bertz CT molecular complexity index is 1300. The van der Waals surface area contributed by atoms with Crippen LogP contribution < -0.4 is 5.32 Å². The van der Waals surface area contributed by atoms with Gasteiger partial charge in [-0.2, -0.15) is 0 Å². The summed E-state index contributed by atoms with van der Waals surface area (Å²) in [5.74, 6) is -4.25. The SMILES string of the molecule is COC(=O)[C@@H]1[C@@H](c2cccc([N+](=O)[O-])c2)C2=C(CC(C)(C)CC2=O)O[C@@]1(NCc1ccccc1)C(=O)OC. The number of carbonyl (C=O) groups is 3. The van der Waals surface area contributed by atoms with Crippen LogP contribution in [0.1, 0.15) is 43.7 Å². The third kappa shape index (κ3) is 4.91. The number of non-ortho nitro benzene ring substituents is 1. The number of esters is 2. The fourth-order valence-corrected chi connectivity index (χ4v) is 5.36. The molecule has 0 aromatic heterocycles. The van der Waals surface area contributed by atoms with Crippen LogP contribution in [0.25, 0.3) is 0 Å². The third-order valence-electron chi connectivity index (χ3n) is 7.03. The normalized spacial score (nSPS) is 24.2. The first-order valence-electron chi connectivity index (χ1n) is 12.2. The number of nitrogens with one attached hydrogen (secondary N) is 1. The van der Waals surface area contributed by atoms with Crippen molar-refractivity contribution >= 4 is 23.4 Å². The van der Waals surface area contributed by atoms with Gasteiger partial charge in [0.05, 0.1) is 19.1 Å². The Morgan fingerprint density at radius 3 is 2.42 bits per heavy atom. The Morgan fingerprint density at radius 1 is 1.08 bits per heavy atom. The van der Waals surface area contributed by atoms with E-state index in [1.54, 1.807) is 6.07 Å². The second kappa shape index (κ2) is 10.4. The molecule has 2 aliphatic rings. The van der Waals surface area contributed by atoms with Gasteiger partial charge in [-0.15, -0.1) is 0 Å². The maximum Gasteiger partial charge on any atom is 0.367 e. The number of benzene rings is 2. The van der Waals surface area contributed by atoms with E-state index >= 15 is 0 Å². The number of rotatable bonds is 7. The predicted octanol–water partition coefficient (Wildman–Crippen LogP) is 3.80. The summed E-state index contributed by atoms with van der Waals surface area (Å²) in [7, 11) is 2.34. The van der Waals surface area contributed by atoms with Gasteiger partial charge >= 0.3 is 11.9 Å². The fraction of sp³-hybridized carbons (Fsp3) is 0.393. The molecule has 0 unspecified atom stereocenters. The average molecular weight is 523 g/mol. The molecule has 1 N–H and O–H groups in total. The monoisotopic (exact) mass is 522 g/mol. The minimum atomic E-state index is -2.08. The summed E-state index contributed by atoms with van der Waals surface area (Å²) in [6.45, 7) is 3.93. The van der Waals surface area contributed by atoms with Crippen molar-refractivity contribution < 1.29 is 33.5 Å². The van der Waals surface area contributed by atoms with Crippen LogP contribution in [-0.4, -0.2) is 42.6 Å². The van der Waals surface area contributed by atoms with Gasteiger partial charge in [-0.3, -0.25) is 25.0 Å². The molecule has 2 aromatic carbocycles. The molecule has 10 heteroatoms. The summed E-state index contributed by atoms with van der Waals surface area (Å²) in [6, 6.07) is 14.9. The lowest BCUT2D eigenvalue weighted by Crippen LogP contribution is -2.65. The third-order valence-corrected chi connectivity index (χ3v) is 7.03. The zero-order valence-corrected chi connectivity index (χ0v) is 21.7. The van der Waals surface area contributed by atoms with Gasteiger partial charge in [0, 0.05) is 43.0 Å². The number of nitro groups is 1. The van der Waals surface area contributed by atoms with Crippen molar-refractivity contribution in [2.24, 2.45) is 11.3 Å². The molecule has 200 valence electrons. The maximum absolute atomic E-state index is 13.6. The van der Waals surface area contributed by atoms with E-state index in [-0.39, 0.29) is 35.8 Å². The Morgan fingerprint density at radius 2 is 1.79 bits per heavy atom. The van der Waals surface area contributed by atoms with Crippen LogP contribution in [0, 0.1) is 21.4 Å². The Hall–Kier alpha value is -4.05. The predicted molar refractivity (Wildman–Crippen MR) is 136 cm³/mol. The number of Topliss-reactive ketones (excluding diaryl/α,β-unsaturated/α-hetero) is 1. The van der Waals surface area contributed by atoms with Gasteiger partial charge in [0.15, 0.2) is 5.78 Å². The van der Waals surface area contributed by atoms with Gasteiger partial charge in [0.25, 0.3) is 11.4 Å². The molecule has 0 bridgehead atoms. The van der Waals surface area contributed by atoms with Crippen molar-refractivity contribution in [2.75, 3.05) is 14.2 Å². The number of hydrogen-bond acceptors (Lipinski definition) is 9. The molecule has 0 fully saturated rings. The first-order valence-corrected chi connectivity index (χ1v) is 12.2. The van der Waals surface area contributed by atoms with Crippen LogP contribution in [0.4, 0.5) is 5.69 Å². The van der Waals surface area contributed by atoms with Gasteiger partial charge in [-0.1, -0.05) is 56.3 Å². The standard InChI is InChI=1S/C28H30N2O8/c1-27(2)14-20(31)23-21(15-27)38-28(26(33)37-4,29-16-17-9-6-5-7-10-17)24(25(32)36-3)22(23)18-11-8-12-19(13-18)30(34)35/h5-13,22,24,29H,14-16H2,1-4H3/t22-,24-,28+/m0/s1. The molecule has 10 nitrogen and oxygen atoms in total. The fourth-order valence-electron chi connectivity index (χ4n) is 5.36. The lowest BCUT2D eigenvalue weighted by atomic mass is 9.65. The van der Waals surface area contributed by atoms with E-state index in [4.69, 9.17) is 14.2 Å². The highest BCUT2D eigenvalue weighted by Crippen LogP contribution is 2.53. The second-order valence-corrected chi connectivity index (χ2v) is 10.3. The molecule has 4 rings (SSSR count). The van der Waals surface area contributed by atoms with Crippen LogP contribution in [0.5, 0.6) is 0 Å². The molecule has 0 spiro atoms. The van der Waals surface area contributed by atoms with Crippen molar-refractivity contribution in [3.63, 3.8) is 0 Å². The average Bonchev–Trinajstić information content (AvgIpc) is 2.90. The van der Waals surface area contributed by atoms with Crippen molar-refractivity contribution in [3.8, 4) is 0 Å². The molecular weight excluding hydrogens is 492 g/mol. The minimum absolute atomic E-state index is 0.116. The second-order valence-electron chi connectivity index (χ2n) is 10.3. The molecule has 3 atom stereocenters. The van der Waals surface area contributed by atoms with Gasteiger partial charge in [0.1, 0.15) is 11.7 Å². The van der Waals surface area contributed by atoms with E-state index in [1.165, 1.54) is 32.4 Å². The van der Waals surface area contributed by atoms with Crippen molar-refractivity contribution in [3.05, 3.63) is 87.2 Å². The van der Waals surface area contributed by atoms with Crippen LogP contribution in [0.15, 0.2) is 65.9 Å². The number of ether oxygens (including phenoxy) is 3. The van der Waals surface area contributed by atoms with Gasteiger partial charge in [-0.05, 0) is 16.5 Å². The van der Waals surface area contributed by atoms with Crippen LogP contribution >= 0.6 is 0 Å². The molecule has 0 saturated carbocycles.